The van der Waals surface area contributed by atoms with Crippen molar-refractivity contribution in [3.05, 3.63) is 12.2 Å². The van der Waals surface area contributed by atoms with E-state index in [1.165, 1.54) is 24.0 Å². The maximum Gasteiger partial charge on any atom is 0.310 e. The molecule has 1 aliphatic heterocycles. The number of allylic oxidation sites excluding steroid dienone is 2. The summed E-state index contributed by atoms with van der Waals surface area (Å²) in [5.74, 6) is -4.62. The average Bonchev–Trinajstić information content (AvgIpc) is 2.77. The molecule has 10 heteroatoms. The van der Waals surface area contributed by atoms with Crippen LogP contribution < -0.4 is 0 Å². The third-order valence-electron chi connectivity index (χ3n) is 7.42. The van der Waals surface area contributed by atoms with Gasteiger partial charge in [-0.15, -0.1) is 10.2 Å². The Bertz CT molecular complexity index is 891. The molecule has 32 heavy (non-hydrogen) atoms. The first-order chi connectivity index (χ1) is 15.1. The first-order valence-electron chi connectivity index (χ1n) is 10.6. The molecule has 2 saturated carbocycles. The zero-order chi connectivity index (χ0) is 23.5. The van der Waals surface area contributed by atoms with E-state index in [2.05, 4.69) is 10.2 Å². The van der Waals surface area contributed by atoms with Gasteiger partial charge in [0.2, 0.25) is 0 Å². The summed E-state index contributed by atoms with van der Waals surface area (Å²) < 4.78 is 10.1. The first-order valence-corrected chi connectivity index (χ1v) is 10.6. The Kier molecular flexibility index (Phi) is 5.42. The Hall–Kier alpha value is -3.04. The molecule has 5 aliphatic rings. The van der Waals surface area contributed by atoms with Crippen LogP contribution in [0.3, 0.4) is 0 Å². The predicted molar refractivity (Wildman–Crippen MR) is 113 cm³/mol. The van der Waals surface area contributed by atoms with Crippen molar-refractivity contribution in [3.8, 4) is 0 Å². The minimum Gasteiger partial charge on any atom is -0.469 e. The minimum atomic E-state index is -0.716. The second kappa shape index (κ2) is 7.83. The van der Waals surface area contributed by atoms with Gasteiger partial charge in [0.05, 0.1) is 26.1 Å². The Morgan fingerprint density at radius 3 is 1.34 bits per heavy atom. The highest BCUT2D eigenvalue weighted by atomic mass is 16.5. The molecule has 172 valence electrons. The number of carbonyl (C=O) groups is 4. The van der Waals surface area contributed by atoms with Gasteiger partial charge in [-0.1, -0.05) is 12.2 Å². The Morgan fingerprint density at radius 1 is 0.719 bits per heavy atom. The summed E-state index contributed by atoms with van der Waals surface area (Å²) >= 11 is 0. The molecule has 10 nitrogen and oxygen atoms in total. The topological polar surface area (TPSA) is 118 Å². The van der Waals surface area contributed by atoms with E-state index < -0.39 is 23.8 Å². The van der Waals surface area contributed by atoms with E-state index in [-0.39, 0.29) is 58.7 Å². The molecule has 0 aromatic carbocycles. The first kappa shape index (κ1) is 22.2. The lowest BCUT2D eigenvalue weighted by Gasteiger charge is -2.64. The van der Waals surface area contributed by atoms with Crippen molar-refractivity contribution >= 4 is 35.2 Å². The summed E-state index contributed by atoms with van der Waals surface area (Å²) in [5.41, 5.74) is 0.575. The van der Waals surface area contributed by atoms with Crippen molar-refractivity contribution in [1.29, 1.82) is 0 Å². The molecule has 2 bridgehead atoms. The maximum absolute atomic E-state index is 12.9. The van der Waals surface area contributed by atoms with Crippen LogP contribution in [0.1, 0.15) is 0 Å². The second-order valence-electron chi connectivity index (χ2n) is 9.21. The zero-order valence-corrected chi connectivity index (χ0v) is 19.0. The van der Waals surface area contributed by atoms with Gasteiger partial charge in [0.1, 0.15) is 11.4 Å². The van der Waals surface area contributed by atoms with Crippen LogP contribution in [-0.2, 0) is 28.7 Å². The molecule has 8 atom stereocenters. The lowest BCUT2D eigenvalue weighted by Crippen LogP contribution is -2.70. The predicted octanol–water partition coefficient (Wildman–Crippen LogP) is -0.154. The van der Waals surface area contributed by atoms with Crippen LogP contribution in [0.4, 0.5) is 0 Å². The number of hydrogen-bond acceptors (Lipinski definition) is 8. The van der Waals surface area contributed by atoms with Crippen molar-refractivity contribution in [3.63, 3.8) is 0 Å². The molecule has 1 heterocycles. The number of amides is 2. The summed E-state index contributed by atoms with van der Waals surface area (Å²) in [4.78, 5) is 54.2. The van der Waals surface area contributed by atoms with Gasteiger partial charge in [-0.05, 0) is 23.7 Å². The molecule has 2 fully saturated rings. The van der Waals surface area contributed by atoms with Gasteiger partial charge in [0.15, 0.2) is 0 Å². The Labute approximate surface area is 186 Å². The third kappa shape index (κ3) is 2.91. The number of ether oxygens (including phenoxy) is 2. The highest BCUT2D eigenvalue weighted by Crippen LogP contribution is 2.66. The van der Waals surface area contributed by atoms with Crippen LogP contribution in [0.15, 0.2) is 22.4 Å². The van der Waals surface area contributed by atoms with E-state index in [1.54, 1.807) is 28.2 Å². The van der Waals surface area contributed by atoms with E-state index in [0.29, 0.717) is 0 Å². The summed E-state index contributed by atoms with van der Waals surface area (Å²) in [7, 11) is 9.14. The fourth-order valence-corrected chi connectivity index (χ4v) is 6.17. The van der Waals surface area contributed by atoms with Gasteiger partial charge in [-0.25, -0.2) is 0 Å². The number of methoxy groups -OCH3 is 2. The fraction of sp³-hybridized carbons (Fsp3) is 0.636. The Morgan fingerprint density at radius 2 is 1.06 bits per heavy atom. The second-order valence-corrected chi connectivity index (χ2v) is 9.21. The normalized spacial score (nSPS) is 35.9. The standard InChI is InChI=1S/C22H28N4O6/c1-25(2)19(27)17-15-11-9-7-8-10(14(22(30)32-6)13(9)21(29)31-5)12(11)16(15)18(24-23-17)20(28)26(3)4/h7-16H,1-6H3. The summed E-state index contributed by atoms with van der Waals surface area (Å²) in [6, 6.07) is 0. The molecule has 0 N–H and O–H groups in total. The van der Waals surface area contributed by atoms with Crippen LogP contribution in [0, 0.1) is 47.3 Å². The van der Waals surface area contributed by atoms with Crippen molar-refractivity contribution < 1.29 is 28.7 Å². The largest absolute Gasteiger partial charge is 0.469 e. The molecule has 0 aromatic heterocycles. The molecule has 0 saturated heterocycles. The van der Waals surface area contributed by atoms with Crippen LogP contribution in [0.25, 0.3) is 0 Å². The highest BCUT2D eigenvalue weighted by molar-refractivity contribution is 6.45. The van der Waals surface area contributed by atoms with E-state index in [9.17, 15) is 19.2 Å². The van der Waals surface area contributed by atoms with E-state index in [0.717, 1.165) is 0 Å². The van der Waals surface area contributed by atoms with E-state index in [1.807, 2.05) is 12.2 Å². The van der Waals surface area contributed by atoms with Crippen LogP contribution in [0.5, 0.6) is 0 Å². The van der Waals surface area contributed by atoms with Gasteiger partial charge in [-0.3, -0.25) is 19.2 Å². The molecule has 0 spiro atoms. The molecular formula is C22H28N4O6. The SMILES string of the molecule is COC(=O)C1C2C=CC(C1C(=O)OC)C1C3C(C(=O)N(C)C)=NN=C(C(=O)N(C)C)C3C21. The van der Waals surface area contributed by atoms with Crippen LogP contribution in [-0.4, -0.2) is 87.4 Å². The number of esters is 2. The van der Waals surface area contributed by atoms with Crippen molar-refractivity contribution in [1.82, 2.24) is 9.80 Å². The summed E-state index contributed by atoms with van der Waals surface area (Å²) in [6.07, 6.45) is 3.89. The molecule has 0 radical (unpaired) electrons. The third-order valence-corrected chi connectivity index (χ3v) is 7.42. The monoisotopic (exact) mass is 444 g/mol. The smallest absolute Gasteiger partial charge is 0.310 e. The molecule has 2 amide bonds. The van der Waals surface area contributed by atoms with Gasteiger partial charge in [0, 0.05) is 40.0 Å². The average molecular weight is 444 g/mol. The number of fused-ring (bicyclic) bond motifs is 2. The fourth-order valence-electron chi connectivity index (χ4n) is 6.17. The molecule has 5 rings (SSSR count). The minimum absolute atomic E-state index is 0.136. The molecule has 8 unspecified atom stereocenters. The summed E-state index contributed by atoms with van der Waals surface area (Å²) in [6.45, 7) is 0. The molecule has 0 aromatic rings. The van der Waals surface area contributed by atoms with E-state index >= 15 is 0 Å². The van der Waals surface area contributed by atoms with Crippen molar-refractivity contribution in [2.24, 2.45) is 57.5 Å². The van der Waals surface area contributed by atoms with Crippen LogP contribution >= 0.6 is 0 Å². The van der Waals surface area contributed by atoms with Crippen molar-refractivity contribution in [2.45, 2.75) is 0 Å². The lowest BCUT2D eigenvalue weighted by atomic mass is 9.38. The number of rotatable bonds is 4. The van der Waals surface area contributed by atoms with Crippen molar-refractivity contribution in [2.75, 3.05) is 42.4 Å². The quantitative estimate of drug-likeness (QED) is 0.439. The lowest BCUT2D eigenvalue weighted by molar-refractivity contribution is -0.180. The van der Waals surface area contributed by atoms with Gasteiger partial charge in [0.25, 0.3) is 11.8 Å². The number of nitrogens with zero attached hydrogens (tertiary/aromatic N) is 4. The Balaban J connectivity index is 1.82. The number of hydrogen-bond donors (Lipinski definition) is 0. The molecular weight excluding hydrogens is 416 g/mol. The molecule has 4 aliphatic carbocycles. The zero-order valence-electron chi connectivity index (χ0n) is 19.0. The van der Waals surface area contributed by atoms with Gasteiger partial charge >= 0.3 is 11.9 Å². The van der Waals surface area contributed by atoms with E-state index in [4.69, 9.17) is 9.47 Å². The number of carbonyl (C=O) groups excluding carboxylic acids is 4. The van der Waals surface area contributed by atoms with Gasteiger partial charge in [-0.2, -0.15) is 0 Å². The van der Waals surface area contributed by atoms with Gasteiger partial charge < -0.3 is 19.3 Å². The maximum atomic E-state index is 12.9. The van der Waals surface area contributed by atoms with Crippen LogP contribution in [0.2, 0.25) is 0 Å². The highest BCUT2D eigenvalue weighted by Gasteiger charge is 2.70. The summed E-state index contributed by atoms with van der Waals surface area (Å²) in [5, 5.41) is 8.37.